The lowest BCUT2D eigenvalue weighted by atomic mass is 9.99. The summed E-state index contributed by atoms with van der Waals surface area (Å²) in [4.78, 5) is 16.9. The van der Waals surface area contributed by atoms with Crippen molar-refractivity contribution in [1.29, 1.82) is 0 Å². The van der Waals surface area contributed by atoms with Crippen LogP contribution in [0.4, 0.5) is 0 Å². The number of ether oxygens (including phenoxy) is 1. The molecule has 0 spiro atoms. The first kappa shape index (κ1) is 12.1. The van der Waals surface area contributed by atoms with Gasteiger partial charge in [-0.3, -0.25) is 9.78 Å². The standard InChI is InChI=1S/C18H13NO2/c20-18(17-9-12-5-2-4-8-16(12)21-17)15-11-19-10-13-6-1-3-7-14(13)15/h1-8,10-11,17H,9H2. The molecule has 3 aromatic rings. The van der Waals surface area contributed by atoms with Gasteiger partial charge in [0.1, 0.15) is 5.75 Å². The molecule has 3 nitrogen and oxygen atoms in total. The molecule has 0 amide bonds. The Labute approximate surface area is 122 Å². The molecule has 0 saturated heterocycles. The summed E-state index contributed by atoms with van der Waals surface area (Å²) in [5, 5.41) is 1.90. The Kier molecular flexibility index (Phi) is 2.71. The summed E-state index contributed by atoms with van der Waals surface area (Å²) in [6.07, 6.45) is 3.58. The number of fused-ring (bicyclic) bond motifs is 2. The van der Waals surface area contributed by atoms with E-state index in [0.29, 0.717) is 12.0 Å². The van der Waals surface area contributed by atoms with Gasteiger partial charge in [0.25, 0.3) is 0 Å². The second-order valence-corrected chi connectivity index (χ2v) is 5.19. The van der Waals surface area contributed by atoms with Crippen molar-refractivity contribution in [2.45, 2.75) is 12.5 Å². The molecule has 0 N–H and O–H groups in total. The molecule has 102 valence electrons. The van der Waals surface area contributed by atoms with Crippen LogP contribution in [0.2, 0.25) is 0 Å². The van der Waals surface area contributed by atoms with Gasteiger partial charge in [-0.25, -0.2) is 0 Å². The minimum absolute atomic E-state index is 0.00417. The Morgan fingerprint density at radius 3 is 2.76 bits per heavy atom. The Morgan fingerprint density at radius 1 is 1.05 bits per heavy atom. The molecule has 0 aliphatic carbocycles. The van der Waals surface area contributed by atoms with Crippen LogP contribution in [0.3, 0.4) is 0 Å². The fraction of sp³-hybridized carbons (Fsp3) is 0.111. The Bertz CT molecular complexity index is 811. The van der Waals surface area contributed by atoms with Crippen LogP contribution in [0.15, 0.2) is 60.9 Å². The monoisotopic (exact) mass is 275 g/mol. The van der Waals surface area contributed by atoms with Gasteiger partial charge in [-0.15, -0.1) is 0 Å². The molecule has 1 aromatic heterocycles. The number of benzene rings is 2. The number of Topliss-reactive ketones (excluding diaryl/α,β-unsaturated/α-hetero) is 1. The highest BCUT2D eigenvalue weighted by molar-refractivity contribution is 6.10. The van der Waals surface area contributed by atoms with E-state index in [9.17, 15) is 4.79 Å². The maximum atomic E-state index is 12.8. The van der Waals surface area contributed by atoms with Gasteiger partial charge in [-0.1, -0.05) is 42.5 Å². The molecule has 0 radical (unpaired) electrons. The lowest BCUT2D eigenvalue weighted by molar-refractivity contribution is 0.0826. The van der Waals surface area contributed by atoms with Gasteiger partial charge in [0.2, 0.25) is 5.78 Å². The quantitative estimate of drug-likeness (QED) is 0.673. The third kappa shape index (κ3) is 1.98. The maximum Gasteiger partial charge on any atom is 0.205 e. The maximum absolute atomic E-state index is 12.8. The highest BCUT2D eigenvalue weighted by Gasteiger charge is 2.30. The van der Waals surface area contributed by atoms with Crippen molar-refractivity contribution in [1.82, 2.24) is 4.98 Å². The average Bonchev–Trinajstić information content (AvgIpc) is 2.97. The second-order valence-electron chi connectivity index (χ2n) is 5.19. The van der Waals surface area contributed by atoms with Gasteiger partial charge < -0.3 is 4.74 Å². The van der Waals surface area contributed by atoms with E-state index in [-0.39, 0.29) is 5.78 Å². The molecule has 1 atom stereocenters. The molecular formula is C18H13NO2. The fourth-order valence-corrected chi connectivity index (χ4v) is 2.81. The van der Waals surface area contributed by atoms with Crippen molar-refractivity contribution in [3.05, 3.63) is 72.1 Å². The molecule has 3 heteroatoms. The van der Waals surface area contributed by atoms with E-state index in [1.54, 1.807) is 12.4 Å². The van der Waals surface area contributed by atoms with Gasteiger partial charge in [0.15, 0.2) is 6.10 Å². The number of aromatic nitrogens is 1. The normalized spacial score (nSPS) is 16.5. The number of rotatable bonds is 2. The number of pyridine rings is 1. The summed E-state index contributed by atoms with van der Waals surface area (Å²) in [6, 6.07) is 15.6. The van der Waals surface area contributed by atoms with E-state index in [0.717, 1.165) is 22.1 Å². The van der Waals surface area contributed by atoms with E-state index in [1.165, 1.54) is 0 Å². The summed E-state index contributed by atoms with van der Waals surface area (Å²) >= 11 is 0. The van der Waals surface area contributed by atoms with Crippen LogP contribution in [0.1, 0.15) is 15.9 Å². The van der Waals surface area contributed by atoms with Crippen molar-refractivity contribution in [3.63, 3.8) is 0 Å². The van der Waals surface area contributed by atoms with Gasteiger partial charge in [-0.05, 0) is 17.0 Å². The zero-order chi connectivity index (χ0) is 14.2. The summed E-state index contributed by atoms with van der Waals surface area (Å²) in [6.45, 7) is 0. The van der Waals surface area contributed by atoms with Crippen molar-refractivity contribution in [2.24, 2.45) is 0 Å². The molecule has 2 heterocycles. The van der Waals surface area contributed by atoms with Crippen LogP contribution in [-0.4, -0.2) is 16.9 Å². The SMILES string of the molecule is O=C(c1cncc2ccccc12)C1Cc2ccccc2O1. The van der Waals surface area contributed by atoms with Gasteiger partial charge in [-0.2, -0.15) is 0 Å². The molecule has 1 aliphatic rings. The van der Waals surface area contributed by atoms with Crippen molar-refractivity contribution in [3.8, 4) is 5.75 Å². The van der Waals surface area contributed by atoms with Crippen LogP contribution >= 0.6 is 0 Å². The smallest absolute Gasteiger partial charge is 0.205 e. The largest absolute Gasteiger partial charge is 0.482 e. The third-order valence-corrected chi connectivity index (χ3v) is 3.87. The minimum atomic E-state index is -0.449. The molecule has 0 fully saturated rings. The molecule has 21 heavy (non-hydrogen) atoms. The van der Waals surface area contributed by atoms with Crippen LogP contribution in [0.5, 0.6) is 5.75 Å². The van der Waals surface area contributed by atoms with Gasteiger partial charge in [0, 0.05) is 29.8 Å². The van der Waals surface area contributed by atoms with Crippen LogP contribution in [-0.2, 0) is 6.42 Å². The first-order valence-electron chi connectivity index (χ1n) is 6.94. The third-order valence-electron chi connectivity index (χ3n) is 3.87. The lowest BCUT2D eigenvalue weighted by Gasteiger charge is -2.11. The first-order chi connectivity index (χ1) is 10.3. The van der Waals surface area contributed by atoms with E-state index in [1.807, 2.05) is 48.5 Å². The number of carbonyl (C=O) groups is 1. The number of nitrogens with zero attached hydrogens (tertiary/aromatic N) is 1. The predicted octanol–water partition coefficient (Wildman–Crippen LogP) is 3.42. The Morgan fingerprint density at radius 2 is 1.86 bits per heavy atom. The first-order valence-corrected chi connectivity index (χ1v) is 6.94. The second kappa shape index (κ2) is 4.70. The number of carbonyl (C=O) groups excluding carboxylic acids is 1. The number of hydrogen-bond acceptors (Lipinski definition) is 3. The minimum Gasteiger partial charge on any atom is -0.482 e. The molecule has 2 aromatic carbocycles. The summed E-state index contributed by atoms with van der Waals surface area (Å²) in [7, 11) is 0. The number of ketones is 1. The molecule has 0 bridgehead atoms. The zero-order valence-corrected chi connectivity index (χ0v) is 11.3. The average molecular weight is 275 g/mol. The molecule has 4 rings (SSSR count). The lowest BCUT2D eigenvalue weighted by Crippen LogP contribution is -2.25. The highest BCUT2D eigenvalue weighted by Crippen LogP contribution is 2.30. The summed E-state index contributed by atoms with van der Waals surface area (Å²) < 4.78 is 5.79. The fourth-order valence-electron chi connectivity index (χ4n) is 2.81. The van der Waals surface area contributed by atoms with Crippen LogP contribution < -0.4 is 4.74 Å². The molecule has 0 saturated carbocycles. The van der Waals surface area contributed by atoms with E-state index in [4.69, 9.17) is 4.74 Å². The van der Waals surface area contributed by atoms with Gasteiger partial charge in [0.05, 0.1) is 0 Å². The Hall–Kier alpha value is -2.68. The zero-order valence-electron chi connectivity index (χ0n) is 11.3. The van der Waals surface area contributed by atoms with E-state index < -0.39 is 6.10 Å². The summed E-state index contributed by atoms with van der Waals surface area (Å²) in [5.74, 6) is 0.805. The van der Waals surface area contributed by atoms with Crippen molar-refractivity contribution < 1.29 is 9.53 Å². The van der Waals surface area contributed by atoms with Crippen LogP contribution in [0.25, 0.3) is 10.8 Å². The number of hydrogen-bond donors (Lipinski definition) is 0. The topological polar surface area (TPSA) is 39.2 Å². The molecule has 1 aliphatic heterocycles. The van der Waals surface area contributed by atoms with E-state index in [2.05, 4.69) is 4.98 Å². The molecule has 1 unspecified atom stereocenters. The summed E-state index contributed by atoms with van der Waals surface area (Å²) in [5.41, 5.74) is 1.72. The van der Waals surface area contributed by atoms with E-state index >= 15 is 0 Å². The van der Waals surface area contributed by atoms with Gasteiger partial charge >= 0.3 is 0 Å². The Balaban J connectivity index is 1.72. The van der Waals surface area contributed by atoms with Crippen molar-refractivity contribution in [2.75, 3.05) is 0 Å². The van der Waals surface area contributed by atoms with Crippen LogP contribution in [0, 0.1) is 0 Å². The number of para-hydroxylation sites is 1. The predicted molar refractivity (Wildman–Crippen MR) is 80.6 cm³/mol. The van der Waals surface area contributed by atoms with Crippen molar-refractivity contribution >= 4 is 16.6 Å². The molecular weight excluding hydrogens is 262 g/mol. The highest BCUT2D eigenvalue weighted by atomic mass is 16.5.